The van der Waals surface area contributed by atoms with Crippen LogP contribution in [0.15, 0.2) is 139 Å². The first kappa shape index (κ1) is 23.9. The van der Waals surface area contributed by atoms with Crippen molar-refractivity contribution >= 4 is 34.1 Å². The van der Waals surface area contributed by atoms with Gasteiger partial charge in [0.05, 0.1) is 7.11 Å². The van der Waals surface area contributed by atoms with Crippen LogP contribution < -0.4 is 19.9 Å². The van der Waals surface area contributed by atoms with Crippen molar-refractivity contribution < 1.29 is 4.74 Å². The summed E-state index contributed by atoms with van der Waals surface area (Å²) in [5.41, 5.74) is 9.22. The normalized spacial score (nSPS) is 14.1. The number of methoxy groups -OCH3 is 1. The average Bonchev–Trinajstić information content (AvgIpc) is 2.94. The summed E-state index contributed by atoms with van der Waals surface area (Å²) in [5, 5.41) is 7.05. The molecule has 0 amide bonds. The fraction of sp³-hybridized carbons (Fsp3) is 0.0606. The molecule has 0 heterocycles. The molecular formula is C33H30N3O+. The van der Waals surface area contributed by atoms with E-state index in [1.54, 1.807) is 7.11 Å². The molecule has 0 saturated heterocycles. The van der Waals surface area contributed by atoms with Gasteiger partial charge in [-0.15, -0.1) is 0 Å². The molecule has 0 spiro atoms. The Balaban J connectivity index is 1.65. The SMILES string of the molecule is C=C1C=CC(Nc2ccccc2)=CC1=[N+](c1ccc(OC)cc1)c1cc(Nc2ccccc2)ccc1C. The predicted octanol–water partition coefficient (Wildman–Crippen LogP) is 8.14. The first-order chi connectivity index (χ1) is 18.1. The highest BCUT2D eigenvalue weighted by molar-refractivity contribution is 6.14. The summed E-state index contributed by atoms with van der Waals surface area (Å²) in [5.74, 6) is 0.814. The molecule has 5 rings (SSSR count). The maximum Gasteiger partial charge on any atom is 0.220 e. The number of nitrogens with one attached hydrogen (secondary N) is 2. The molecule has 4 aromatic carbocycles. The third-order valence-electron chi connectivity index (χ3n) is 6.23. The highest BCUT2D eigenvalue weighted by atomic mass is 16.5. The standard InChI is InChI=1S/C33H29N3O/c1-24-14-16-28(34-26-10-6-4-7-11-26)22-32(24)36(30-18-20-31(37-3)21-19-30)33-23-29(17-15-25(33)2)35-27-12-8-5-9-13-27/h4-23,35H,1H2,2-3H3/p+1. The molecule has 0 atom stereocenters. The number of anilines is 3. The number of hydrogen-bond acceptors (Lipinski definition) is 3. The lowest BCUT2D eigenvalue weighted by atomic mass is 10.0. The Morgan fingerprint density at radius 3 is 2.00 bits per heavy atom. The second-order valence-electron chi connectivity index (χ2n) is 8.86. The number of nitrogens with zero attached hydrogens (tertiary/aromatic N) is 1. The van der Waals surface area contributed by atoms with E-state index in [1.165, 1.54) is 0 Å². The Morgan fingerprint density at radius 1 is 0.703 bits per heavy atom. The van der Waals surface area contributed by atoms with Crippen LogP contribution in [0.5, 0.6) is 5.75 Å². The number of rotatable bonds is 7. The van der Waals surface area contributed by atoms with E-state index in [9.17, 15) is 0 Å². The topological polar surface area (TPSA) is 36.3 Å². The van der Waals surface area contributed by atoms with Crippen molar-refractivity contribution in [2.45, 2.75) is 6.92 Å². The van der Waals surface area contributed by atoms with Gasteiger partial charge in [0.15, 0.2) is 0 Å². The second-order valence-corrected chi connectivity index (χ2v) is 8.86. The molecular weight excluding hydrogens is 454 g/mol. The molecule has 0 saturated carbocycles. The summed E-state index contributed by atoms with van der Waals surface area (Å²) >= 11 is 0. The minimum absolute atomic E-state index is 0.814. The molecule has 4 heteroatoms. The smallest absolute Gasteiger partial charge is 0.220 e. The molecule has 0 bridgehead atoms. The zero-order chi connectivity index (χ0) is 25.6. The Kier molecular flexibility index (Phi) is 7.00. The van der Waals surface area contributed by atoms with Crippen molar-refractivity contribution in [2.24, 2.45) is 0 Å². The third-order valence-corrected chi connectivity index (χ3v) is 6.23. The van der Waals surface area contributed by atoms with Crippen LogP contribution in [0.1, 0.15) is 5.56 Å². The quantitative estimate of drug-likeness (QED) is 0.260. The van der Waals surface area contributed by atoms with Gasteiger partial charge >= 0.3 is 0 Å². The summed E-state index contributed by atoms with van der Waals surface area (Å²) in [4.78, 5) is 0. The van der Waals surface area contributed by atoms with E-state index >= 15 is 0 Å². The van der Waals surface area contributed by atoms with Crippen molar-refractivity contribution in [3.63, 3.8) is 0 Å². The molecule has 0 fully saturated rings. The van der Waals surface area contributed by atoms with Gasteiger partial charge in [0.25, 0.3) is 0 Å². The molecule has 2 N–H and O–H groups in total. The summed E-state index contributed by atoms with van der Waals surface area (Å²) in [6.07, 6.45) is 6.26. The van der Waals surface area contributed by atoms with Crippen LogP contribution in [0.3, 0.4) is 0 Å². The first-order valence-corrected chi connectivity index (χ1v) is 12.3. The van der Waals surface area contributed by atoms with Gasteiger partial charge in [-0.05, 0) is 61.5 Å². The fourth-order valence-electron chi connectivity index (χ4n) is 4.29. The van der Waals surface area contributed by atoms with Gasteiger partial charge in [0.2, 0.25) is 17.1 Å². The van der Waals surface area contributed by atoms with Crippen molar-refractivity contribution in [1.82, 2.24) is 4.58 Å². The van der Waals surface area contributed by atoms with Crippen molar-refractivity contribution in [3.8, 4) is 5.75 Å². The Bertz CT molecular complexity index is 1500. The molecule has 1 aliphatic carbocycles. The van der Waals surface area contributed by atoms with Gasteiger partial charge in [0.1, 0.15) is 5.75 Å². The minimum atomic E-state index is 0.814. The molecule has 37 heavy (non-hydrogen) atoms. The Morgan fingerprint density at radius 2 is 1.35 bits per heavy atom. The fourth-order valence-corrected chi connectivity index (χ4v) is 4.29. The van der Waals surface area contributed by atoms with E-state index in [1.807, 2.05) is 48.5 Å². The van der Waals surface area contributed by atoms with Gasteiger partial charge in [0, 0.05) is 58.2 Å². The van der Waals surface area contributed by atoms with Crippen LogP contribution in [0.4, 0.5) is 28.4 Å². The van der Waals surface area contributed by atoms with Gasteiger partial charge < -0.3 is 15.4 Å². The first-order valence-electron chi connectivity index (χ1n) is 12.3. The number of aryl methyl sites for hydroxylation is 1. The molecule has 0 aliphatic heterocycles. The van der Waals surface area contributed by atoms with Crippen LogP contribution in [0, 0.1) is 6.92 Å². The van der Waals surface area contributed by atoms with Crippen LogP contribution in [0.2, 0.25) is 0 Å². The molecule has 4 nitrogen and oxygen atoms in total. The third kappa shape index (κ3) is 5.54. The largest absolute Gasteiger partial charge is 0.497 e. The molecule has 0 unspecified atom stereocenters. The van der Waals surface area contributed by atoms with Gasteiger partial charge in [-0.2, -0.15) is 4.58 Å². The van der Waals surface area contributed by atoms with E-state index < -0.39 is 0 Å². The maximum atomic E-state index is 5.43. The lowest BCUT2D eigenvalue weighted by molar-refractivity contribution is 0.415. The van der Waals surface area contributed by atoms with E-state index in [0.29, 0.717) is 0 Å². The maximum absolute atomic E-state index is 5.43. The van der Waals surface area contributed by atoms with E-state index in [-0.39, 0.29) is 0 Å². The Hall–Kier alpha value is -4.83. The van der Waals surface area contributed by atoms with Gasteiger partial charge in [-0.1, -0.05) is 49.0 Å². The van der Waals surface area contributed by atoms with E-state index in [2.05, 4.69) is 102 Å². The summed E-state index contributed by atoms with van der Waals surface area (Å²) in [7, 11) is 1.68. The number of allylic oxidation sites excluding steroid dienone is 4. The second kappa shape index (κ2) is 10.8. The van der Waals surface area contributed by atoms with Gasteiger partial charge in [-0.25, -0.2) is 0 Å². The predicted molar refractivity (Wildman–Crippen MR) is 157 cm³/mol. The van der Waals surface area contributed by atoms with E-state index in [4.69, 9.17) is 4.74 Å². The zero-order valence-corrected chi connectivity index (χ0v) is 21.1. The average molecular weight is 485 g/mol. The number of hydrogen-bond donors (Lipinski definition) is 2. The molecule has 182 valence electrons. The van der Waals surface area contributed by atoms with Crippen molar-refractivity contribution in [2.75, 3.05) is 17.7 Å². The molecule has 0 radical (unpaired) electrons. The highest BCUT2D eigenvalue weighted by Gasteiger charge is 2.25. The minimum Gasteiger partial charge on any atom is -0.497 e. The molecule has 0 aromatic heterocycles. The molecule has 1 aliphatic rings. The van der Waals surface area contributed by atoms with Crippen molar-refractivity contribution in [1.29, 1.82) is 0 Å². The zero-order valence-electron chi connectivity index (χ0n) is 21.1. The van der Waals surface area contributed by atoms with Gasteiger partial charge in [-0.3, -0.25) is 0 Å². The monoisotopic (exact) mass is 484 g/mol. The summed E-state index contributed by atoms with van der Waals surface area (Å²) in [6.45, 7) is 6.52. The summed E-state index contributed by atoms with van der Waals surface area (Å²) < 4.78 is 7.68. The van der Waals surface area contributed by atoms with E-state index in [0.717, 1.165) is 56.7 Å². The van der Waals surface area contributed by atoms with Crippen LogP contribution in [-0.4, -0.2) is 12.8 Å². The van der Waals surface area contributed by atoms with Crippen LogP contribution in [0.25, 0.3) is 0 Å². The number of benzene rings is 4. The highest BCUT2D eigenvalue weighted by Crippen LogP contribution is 2.32. The van der Waals surface area contributed by atoms with Crippen LogP contribution in [-0.2, 0) is 0 Å². The Labute approximate surface area is 218 Å². The lowest BCUT2D eigenvalue weighted by Gasteiger charge is -2.16. The van der Waals surface area contributed by atoms with Crippen molar-refractivity contribution in [3.05, 3.63) is 145 Å². The number of ether oxygens (including phenoxy) is 1. The number of para-hydroxylation sites is 2. The lowest BCUT2D eigenvalue weighted by Crippen LogP contribution is -2.20. The summed E-state index contributed by atoms with van der Waals surface area (Å²) in [6, 6.07) is 34.9. The molecule has 4 aromatic rings. The van der Waals surface area contributed by atoms with Crippen LogP contribution >= 0.6 is 0 Å².